The average molecular weight is 651 g/mol. The molecule has 3 saturated heterocycles. The minimum Gasteiger partial charge on any atom is -0.463 e. The summed E-state index contributed by atoms with van der Waals surface area (Å²) in [5.41, 5.74) is -0.238. The van der Waals surface area contributed by atoms with Crippen molar-refractivity contribution in [1.82, 2.24) is 5.32 Å². The van der Waals surface area contributed by atoms with Crippen LogP contribution >= 0.6 is 0 Å². The number of nitrogens with zero attached hydrogens (tertiary/aromatic N) is 1. The molecule has 3 aliphatic heterocycles. The van der Waals surface area contributed by atoms with Gasteiger partial charge >= 0.3 is 0 Å². The summed E-state index contributed by atoms with van der Waals surface area (Å²) in [5.74, 6) is -0.606. The van der Waals surface area contributed by atoms with Crippen LogP contribution in [0.5, 0.6) is 5.75 Å². The van der Waals surface area contributed by atoms with Crippen molar-refractivity contribution in [2.75, 3.05) is 13.2 Å². The van der Waals surface area contributed by atoms with Gasteiger partial charge in [-0.3, -0.25) is 14.9 Å². The van der Waals surface area contributed by atoms with Gasteiger partial charge in [-0.2, -0.15) is 0 Å². The third-order valence-electron chi connectivity index (χ3n) is 7.74. The predicted octanol–water partition coefficient (Wildman–Crippen LogP) is -4.41. The highest BCUT2D eigenvalue weighted by atomic mass is 16.8. The smallest absolute Gasteiger partial charge is 0.269 e. The highest BCUT2D eigenvalue weighted by Crippen LogP contribution is 2.33. The lowest BCUT2D eigenvalue weighted by atomic mass is 9.95. The fourth-order valence-electron chi connectivity index (χ4n) is 5.25. The predicted molar refractivity (Wildman–Crippen MR) is 143 cm³/mol. The van der Waals surface area contributed by atoms with Gasteiger partial charge in [-0.15, -0.1) is 0 Å². The van der Waals surface area contributed by atoms with E-state index >= 15 is 0 Å². The molecule has 45 heavy (non-hydrogen) atoms. The van der Waals surface area contributed by atoms with E-state index in [1.165, 1.54) is 19.1 Å². The molecule has 0 spiro atoms. The molecular formula is C26H38N2O17. The van der Waals surface area contributed by atoms with Gasteiger partial charge in [-0.1, -0.05) is 0 Å². The largest absolute Gasteiger partial charge is 0.463 e. The number of nitro benzene ring substituents is 1. The topological polar surface area (TPSA) is 289 Å². The number of nitrogens with one attached hydrogen (secondary N) is 1. The minimum absolute atomic E-state index is 0.0418. The van der Waals surface area contributed by atoms with Gasteiger partial charge in [0.15, 0.2) is 12.6 Å². The third-order valence-corrected chi connectivity index (χ3v) is 7.74. The molecule has 3 aliphatic rings. The molecule has 0 bridgehead atoms. The summed E-state index contributed by atoms with van der Waals surface area (Å²) < 4.78 is 34.3. The number of benzene rings is 1. The van der Waals surface area contributed by atoms with E-state index in [-0.39, 0.29) is 11.4 Å². The third kappa shape index (κ3) is 7.68. The van der Waals surface area contributed by atoms with Crippen LogP contribution in [0.2, 0.25) is 0 Å². The second-order valence-corrected chi connectivity index (χ2v) is 10.9. The van der Waals surface area contributed by atoms with Gasteiger partial charge in [0.2, 0.25) is 12.2 Å². The first kappa shape index (κ1) is 35.2. The van der Waals surface area contributed by atoms with Crippen molar-refractivity contribution in [3.05, 3.63) is 34.4 Å². The van der Waals surface area contributed by atoms with Crippen LogP contribution in [0.4, 0.5) is 5.69 Å². The zero-order valence-corrected chi connectivity index (χ0v) is 24.1. The molecule has 0 aliphatic carbocycles. The van der Waals surface area contributed by atoms with E-state index in [2.05, 4.69) is 5.32 Å². The van der Waals surface area contributed by atoms with Gasteiger partial charge in [0.1, 0.15) is 72.8 Å². The number of amides is 1. The maximum atomic E-state index is 12.2. The standard InChI is InChI=1S/C26H38N2O17/c1-9-16(32)19(35)21(37)25(40-9)45-23-20(36)17(33)13(7-29)43-26(23)44-22-15(27-10(2)31)24(42-14(8-30)18(22)34)41-12-5-3-11(4-6-12)28(38)39/h3-6,9,13-26,29-30,32-37H,7-8H2,1-2H3,(H,27,31)/t9-,13+,14+,15+,16+,17-,18-,19+,20-,21-,22+,23+,24-,25-,26-/m0/s1. The number of aliphatic hydroxyl groups is 8. The Morgan fingerprint density at radius 1 is 0.800 bits per heavy atom. The lowest BCUT2D eigenvalue weighted by molar-refractivity contribution is -0.384. The number of rotatable bonds is 10. The number of carbonyl (C=O) groups is 1. The summed E-state index contributed by atoms with van der Waals surface area (Å²) >= 11 is 0. The van der Waals surface area contributed by atoms with E-state index in [1.807, 2.05) is 0 Å². The Morgan fingerprint density at radius 3 is 1.96 bits per heavy atom. The number of non-ortho nitro benzene ring substituents is 1. The van der Waals surface area contributed by atoms with Crippen LogP contribution in [0, 0.1) is 10.1 Å². The van der Waals surface area contributed by atoms with Crippen molar-refractivity contribution in [3.8, 4) is 5.75 Å². The number of nitro groups is 1. The van der Waals surface area contributed by atoms with E-state index in [9.17, 15) is 55.8 Å². The molecule has 0 unspecified atom stereocenters. The zero-order chi connectivity index (χ0) is 33.2. The molecule has 0 aromatic heterocycles. The fraction of sp³-hybridized carbons (Fsp3) is 0.731. The molecule has 1 aromatic carbocycles. The molecule has 3 fully saturated rings. The lowest BCUT2D eigenvalue weighted by Crippen LogP contribution is -2.69. The normalized spacial score (nSPS) is 42.1. The number of hydrogen-bond donors (Lipinski definition) is 9. The monoisotopic (exact) mass is 650 g/mol. The van der Waals surface area contributed by atoms with Crippen LogP contribution in [-0.4, -0.2) is 157 Å². The summed E-state index contributed by atoms with van der Waals surface area (Å²) in [6, 6.07) is 3.41. The Labute approximate surface area is 255 Å². The van der Waals surface area contributed by atoms with Gasteiger partial charge in [-0.05, 0) is 19.1 Å². The highest BCUT2D eigenvalue weighted by Gasteiger charge is 2.54. The molecule has 254 valence electrons. The van der Waals surface area contributed by atoms with Crippen molar-refractivity contribution in [2.45, 2.75) is 106 Å². The van der Waals surface area contributed by atoms with Crippen molar-refractivity contribution in [1.29, 1.82) is 0 Å². The molecule has 9 N–H and O–H groups in total. The van der Waals surface area contributed by atoms with Crippen molar-refractivity contribution < 1.29 is 79.0 Å². The number of carbonyl (C=O) groups excluding carboxylic acids is 1. The zero-order valence-electron chi connectivity index (χ0n) is 24.1. The maximum absolute atomic E-state index is 12.2. The molecule has 1 aromatic rings. The molecular weight excluding hydrogens is 612 g/mol. The Bertz CT molecular complexity index is 1140. The molecule has 1 amide bonds. The Kier molecular flexibility index (Phi) is 11.6. The van der Waals surface area contributed by atoms with Crippen molar-refractivity contribution in [2.24, 2.45) is 0 Å². The van der Waals surface area contributed by atoms with E-state index in [1.54, 1.807) is 0 Å². The van der Waals surface area contributed by atoms with Gasteiger partial charge in [0, 0.05) is 19.1 Å². The van der Waals surface area contributed by atoms with Crippen LogP contribution in [0.3, 0.4) is 0 Å². The maximum Gasteiger partial charge on any atom is 0.269 e. The summed E-state index contributed by atoms with van der Waals surface area (Å²) in [6.45, 7) is 0.926. The summed E-state index contributed by atoms with van der Waals surface area (Å²) in [4.78, 5) is 22.6. The highest BCUT2D eigenvalue weighted by molar-refractivity contribution is 5.73. The summed E-state index contributed by atoms with van der Waals surface area (Å²) in [6.07, 6.45) is -22.6. The quantitative estimate of drug-likeness (QED) is 0.0853. The first-order valence-corrected chi connectivity index (χ1v) is 14.0. The van der Waals surface area contributed by atoms with Crippen LogP contribution in [0.1, 0.15) is 13.8 Å². The Morgan fingerprint density at radius 2 is 1.38 bits per heavy atom. The molecule has 19 nitrogen and oxygen atoms in total. The Hall–Kier alpha value is -2.63. The SMILES string of the molecule is CC(=O)N[C@H]1[C@@H](Oc2ccc([N+](=O)[O-])cc2)O[C@H](CO)[C@H](O)[C@@H]1O[C@@H]1O[C@H](CO)[C@H](O)[C@H](O)[C@H]1O[C@@H]1O[C@@H](C)[C@@H](O)[C@@H](O)[C@@H]1O. The van der Waals surface area contributed by atoms with Crippen LogP contribution in [-0.2, 0) is 28.5 Å². The number of aliphatic hydroxyl groups excluding tert-OH is 8. The number of ether oxygens (including phenoxy) is 6. The van der Waals surface area contributed by atoms with Crippen LogP contribution in [0.25, 0.3) is 0 Å². The van der Waals surface area contributed by atoms with Crippen LogP contribution in [0.15, 0.2) is 24.3 Å². The Balaban J connectivity index is 1.64. The van der Waals surface area contributed by atoms with Gasteiger partial charge in [0.25, 0.3) is 5.69 Å². The number of hydrogen-bond acceptors (Lipinski definition) is 17. The molecule has 15 atom stereocenters. The van der Waals surface area contributed by atoms with Crippen LogP contribution < -0.4 is 10.1 Å². The van der Waals surface area contributed by atoms with Crippen molar-refractivity contribution >= 4 is 11.6 Å². The van der Waals surface area contributed by atoms with E-state index in [0.29, 0.717) is 0 Å². The van der Waals surface area contributed by atoms with Gasteiger partial charge < -0.3 is 74.6 Å². The second-order valence-electron chi connectivity index (χ2n) is 10.9. The average Bonchev–Trinajstić information content (AvgIpc) is 3.00. The molecule has 19 heteroatoms. The summed E-state index contributed by atoms with van der Waals surface area (Å²) in [7, 11) is 0. The summed E-state index contributed by atoms with van der Waals surface area (Å²) in [5, 5.41) is 96.6. The first-order chi connectivity index (χ1) is 21.3. The fourth-order valence-corrected chi connectivity index (χ4v) is 5.25. The molecule has 3 heterocycles. The minimum atomic E-state index is -1.88. The first-order valence-electron chi connectivity index (χ1n) is 14.0. The van der Waals surface area contributed by atoms with E-state index in [4.69, 9.17) is 28.4 Å². The molecule has 0 saturated carbocycles. The van der Waals surface area contributed by atoms with Crippen molar-refractivity contribution in [3.63, 3.8) is 0 Å². The molecule has 4 rings (SSSR count). The molecule has 0 radical (unpaired) electrons. The second kappa shape index (κ2) is 14.9. The van der Waals surface area contributed by atoms with Gasteiger partial charge in [-0.25, -0.2) is 0 Å². The van der Waals surface area contributed by atoms with Gasteiger partial charge in [0.05, 0.1) is 24.2 Å². The van der Waals surface area contributed by atoms with E-state index < -0.39 is 116 Å². The lowest BCUT2D eigenvalue weighted by Gasteiger charge is -2.49. The van der Waals surface area contributed by atoms with E-state index in [0.717, 1.165) is 19.1 Å².